The van der Waals surface area contributed by atoms with E-state index < -0.39 is 0 Å². The lowest BCUT2D eigenvalue weighted by Gasteiger charge is -2.40. The van der Waals surface area contributed by atoms with Gasteiger partial charge in [0.05, 0.1) is 0 Å². The van der Waals surface area contributed by atoms with Crippen molar-refractivity contribution in [1.29, 1.82) is 0 Å². The summed E-state index contributed by atoms with van der Waals surface area (Å²) < 4.78 is 0. The lowest BCUT2D eigenvalue weighted by molar-refractivity contribution is -0.146. The highest BCUT2D eigenvalue weighted by Gasteiger charge is 2.42. The zero-order valence-corrected chi connectivity index (χ0v) is 10.9. The van der Waals surface area contributed by atoms with E-state index in [0.29, 0.717) is 5.91 Å². The van der Waals surface area contributed by atoms with Crippen LogP contribution >= 0.6 is 0 Å². The van der Waals surface area contributed by atoms with Crippen molar-refractivity contribution in [3.05, 3.63) is 0 Å². The monoisotopic (exact) mass is 236 g/mol. The SMILES string of the molecule is CC1(C(=O)N2CC[C@@H]3CNC[C@@H]3CC2)CCC1. The molecular formula is C14H24N2O. The molecule has 2 saturated heterocycles. The quantitative estimate of drug-likeness (QED) is 0.750. The second kappa shape index (κ2) is 4.27. The van der Waals surface area contributed by atoms with Gasteiger partial charge in [0.15, 0.2) is 0 Å². The van der Waals surface area contributed by atoms with E-state index in [9.17, 15) is 4.79 Å². The van der Waals surface area contributed by atoms with Gasteiger partial charge >= 0.3 is 0 Å². The van der Waals surface area contributed by atoms with Gasteiger partial charge in [0.2, 0.25) is 5.91 Å². The number of fused-ring (bicyclic) bond motifs is 1. The van der Waals surface area contributed by atoms with Crippen LogP contribution in [0.2, 0.25) is 0 Å². The Balaban J connectivity index is 1.63. The summed E-state index contributed by atoms with van der Waals surface area (Å²) in [6, 6.07) is 0. The van der Waals surface area contributed by atoms with Gasteiger partial charge in [0, 0.05) is 18.5 Å². The van der Waals surface area contributed by atoms with Gasteiger partial charge in [-0.25, -0.2) is 0 Å². The van der Waals surface area contributed by atoms with Crippen LogP contribution in [-0.2, 0) is 4.79 Å². The third-order valence-corrected chi connectivity index (χ3v) is 5.28. The highest BCUT2D eigenvalue weighted by molar-refractivity contribution is 5.83. The Hall–Kier alpha value is -0.570. The van der Waals surface area contributed by atoms with Crippen LogP contribution in [0.3, 0.4) is 0 Å². The van der Waals surface area contributed by atoms with Crippen molar-refractivity contribution in [2.75, 3.05) is 26.2 Å². The molecule has 3 fully saturated rings. The van der Waals surface area contributed by atoms with Crippen molar-refractivity contribution < 1.29 is 4.79 Å². The van der Waals surface area contributed by atoms with Gasteiger partial charge in [0.1, 0.15) is 0 Å². The molecule has 0 aromatic carbocycles. The first kappa shape index (κ1) is 11.5. The first-order valence-corrected chi connectivity index (χ1v) is 7.19. The van der Waals surface area contributed by atoms with Crippen molar-refractivity contribution in [2.45, 2.75) is 39.0 Å². The van der Waals surface area contributed by atoms with Gasteiger partial charge in [-0.3, -0.25) is 4.79 Å². The molecule has 3 nitrogen and oxygen atoms in total. The number of nitrogens with one attached hydrogen (secondary N) is 1. The van der Waals surface area contributed by atoms with Gasteiger partial charge in [-0.05, 0) is 50.6 Å². The summed E-state index contributed by atoms with van der Waals surface area (Å²) in [5, 5.41) is 3.49. The van der Waals surface area contributed by atoms with Crippen molar-refractivity contribution in [2.24, 2.45) is 17.3 Å². The maximum Gasteiger partial charge on any atom is 0.228 e. The predicted molar refractivity (Wildman–Crippen MR) is 67.6 cm³/mol. The predicted octanol–water partition coefficient (Wildman–Crippen LogP) is 1.63. The molecule has 0 aromatic heterocycles. The first-order valence-electron chi connectivity index (χ1n) is 7.19. The van der Waals surface area contributed by atoms with Crippen LogP contribution in [-0.4, -0.2) is 37.0 Å². The fourth-order valence-electron chi connectivity index (χ4n) is 3.72. The van der Waals surface area contributed by atoms with Crippen LogP contribution < -0.4 is 5.32 Å². The van der Waals surface area contributed by atoms with E-state index in [1.165, 1.54) is 32.4 Å². The molecule has 2 atom stereocenters. The molecule has 17 heavy (non-hydrogen) atoms. The summed E-state index contributed by atoms with van der Waals surface area (Å²) >= 11 is 0. The van der Waals surface area contributed by atoms with Crippen LogP contribution in [0.1, 0.15) is 39.0 Å². The van der Waals surface area contributed by atoms with Crippen LogP contribution in [0, 0.1) is 17.3 Å². The first-order chi connectivity index (χ1) is 8.19. The fourth-order valence-corrected chi connectivity index (χ4v) is 3.72. The number of likely N-dealkylation sites (tertiary alicyclic amines) is 1. The Morgan fingerprint density at radius 3 is 2.24 bits per heavy atom. The number of carbonyl (C=O) groups is 1. The molecule has 3 heteroatoms. The van der Waals surface area contributed by atoms with E-state index in [4.69, 9.17) is 0 Å². The van der Waals surface area contributed by atoms with Gasteiger partial charge in [-0.1, -0.05) is 13.3 Å². The number of rotatable bonds is 1. The number of carbonyl (C=O) groups excluding carboxylic acids is 1. The molecule has 2 heterocycles. The third-order valence-electron chi connectivity index (χ3n) is 5.28. The van der Waals surface area contributed by atoms with Gasteiger partial charge < -0.3 is 10.2 Å². The maximum absolute atomic E-state index is 12.5. The summed E-state index contributed by atoms with van der Waals surface area (Å²) in [4.78, 5) is 14.6. The topological polar surface area (TPSA) is 32.3 Å². The number of hydrogen-bond acceptors (Lipinski definition) is 2. The Bertz CT molecular complexity index is 297. The number of hydrogen-bond donors (Lipinski definition) is 1. The van der Waals surface area contributed by atoms with E-state index in [-0.39, 0.29) is 5.41 Å². The number of amides is 1. The smallest absolute Gasteiger partial charge is 0.228 e. The van der Waals surface area contributed by atoms with E-state index in [0.717, 1.165) is 37.8 Å². The molecule has 96 valence electrons. The van der Waals surface area contributed by atoms with Crippen molar-refractivity contribution in [1.82, 2.24) is 10.2 Å². The van der Waals surface area contributed by atoms with Gasteiger partial charge in [0.25, 0.3) is 0 Å². The second-order valence-corrected chi connectivity index (χ2v) is 6.46. The van der Waals surface area contributed by atoms with Gasteiger partial charge in [-0.2, -0.15) is 0 Å². The van der Waals surface area contributed by atoms with Crippen LogP contribution in [0.5, 0.6) is 0 Å². The minimum Gasteiger partial charge on any atom is -0.342 e. The Morgan fingerprint density at radius 2 is 1.76 bits per heavy atom. The standard InChI is InChI=1S/C14H24N2O/c1-14(5-2-6-14)13(17)16-7-3-11-9-15-10-12(11)4-8-16/h11-12,15H,2-10H2,1H3/t11-,12+. The molecule has 1 aliphatic carbocycles. The molecule has 0 bridgehead atoms. The lowest BCUT2D eigenvalue weighted by atomic mass is 9.69. The normalized spacial score (nSPS) is 35.9. The molecule has 0 aromatic rings. The summed E-state index contributed by atoms with van der Waals surface area (Å²) in [5.41, 5.74) is -0.00228. The average Bonchev–Trinajstić information content (AvgIpc) is 2.64. The fraction of sp³-hybridized carbons (Fsp3) is 0.929. The van der Waals surface area contributed by atoms with Crippen molar-refractivity contribution in [3.63, 3.8) is 0 Å². The Labute approximate surface area is 104 Å². The van der Waals surface area contributed by atoms with Crippen molar-refractivity contribution >= 4 is 5.91 Å². The van der Waals surface area contributed by atoms with E-state index >= 15 is 0 Å². The highest BCUT2D eigenvalue weighted by Crippen LogP contribution is 2.42. The molecule has 3 rings (SSSR count). The van der Waals surface area contributed by atoms with Crippen LogP contribution in [0.15, 0.2) is 0 Å². The molecule has 0 unspecified atom stereocenters. The maximum atomic E-state index is 12.5. The molecule has 2 aliphatic heterocycles. The second-order valence-electron chi connectivity index (χ2n) is 6.46. The van der Waals surface area contributed by atoms with E-state index in [2.05, 4.69) is 17.1 Å². The zero-order valence-electron chi connectivity index (χ0n) is 10.9. The average molecular weight is 236 g/mol. The van der Waals surface area contributed by atoms with Gasteiger partial charge in [-0.15, -0.1) is 0 Å². The minimum atomic E-state index is -0.00228. The minimum absolute atomic E-state index is 0.00228. The molecule has 0 radical (unpaired) electrons. The molecule has 3 aliphatic rings. The summed E-state index contributed by atoms with van der Waals surface area (Å²) in [6.45, 7) is 6.49. The van der Waals surface area contributed by atoms with E-state index in [1.807, 2.05) is 0 Å². The Morgan fingerprint density at radius 1 is 1.18 bits per heavy atom. The largest absolute Gasteiger partial charge is 0.342 e. The molecular weight excluding hydrogens is 212 g/mol. The number of nitrogens with zero attached hydrogens (tertiary/aromatic N) is 1. The summed E-state index contributed by atoms with van der Waals surface area (Å²) in [5.74, 6) is 2.08. The molecule has 1 N–H and O–H groups in total. The summed E-state index contributed by atoms with van der Waals surface area (Å²) in [7, 11) is 0. The molecule has 0 spiro atoms. The van der Waals surface area contributed by atoms with Crippen LogP contribution in [0.4, 0.5) is 0 Å². The lowest BCUT2D eigenvalue weighted by Crippen LogP contribution is -2.46. The Kier molecular flexibility index (Phi) is 2.89. The molecule has 1 saturated carbocycles. The molecule has 1 amide bonds. The zero-order chi connectivity index (χ0) is 11.9. The summed E-state index contributed by atoms with van der Waals surface area (Å²) in [6.07, 6.45) is 5.87. The van der Waals surface area contributed by atoms with Crippen LogP contribution in [0.25, 0.3) is 0 Å². The van der Waals surface area contributed by atoms with Crippen molar-refractivity contribution in [3.8, 4) is 0 Å². The third kappa shape index (κ3) is 1.99. The highest BCUT2D eigenvalue weighted by atomic mass is 16.2. The van der Waals surface area contributed by atoms with E-state index in [1.54, 1.807) is 0 Å².